The number of thiocarbonyl (C=S) groups is 2. The second-order valence-corrected chi connectivity index (χ2v) is 17.0. The molecule has 0 aromatic heterocycles. The van der Waals surface area contributed by atoms with Crippen molar-refractivity contribution in [3.63, 3.8) is 0 Å². The summed E-state index contributed by atoms with van der Waals surface area (Å²) in [6.45, 7) is 24.1. The molecule has 0 aliphatic heterocycles. The monoisotopic (exact) mass is 700 g/mol. The van der Waals surface area contributed by atoms with Crippen LogP contribution in [0.15, 0.2) is 42.5 Å². The lowest BCUT2D eigenvalue weighted by molar-refractivity contribution is 0.405. The summed E-state index contributed by atoms with van der Waals surface area (Å²) < 4.78 is 2.12. The Balaban J connectivity index is 0.00000236. The number of unbranched alkanes of at least 4 members (excludes halogenated alkanes) is 4. The first-order valence-electron chi connectivity index (χ1n) is 18.1. The number of fused-ring (bicyclic) bond motifs is 3. The summed E-state index contributed by atoms with van der Waals surface area (Å²) in [4.78, 5) is 4.59. The van der Waals surface area contributed by atoms with E-state index in [0.717, 1.165) is 46.3 Å². The molecule has 1 aliphatic rings. The molecule has 0 heterocycles. The lowest BCUT2D eigenvalue weighted by atomic mass is 9.69. The number of benzene rings is 2. The summed E-state index contributed by atoms with van der Waals surface area (Å²) in [7, 11) is 0. The van der Waals surface area contributed by atoms with Gasteiger partial charge < -0.3 is 9.80 Å². The van der Waals surface area contributed by atoms with Crippen LogP contribution in [0.2, 0.25) is 0 Å². The summed E-state index contributed by atoms with van der Waals surface area (Å²) in [6, 6.07) is 16.7. The van der Waals surface area contributed by atoms with Crippen LogP contribution in [0, 0.1) is 0 Å². The summed E-state index contributed by atoms with van der Waals surface area (Å²) in [5, 5.41) is 0. The van der Waals surface area contributed by atoms with Gasteiger partial charge in [-0.25, -0.2) is 0 Å². The minimum absolute atomic E-state index is 0.0977. The molecule has 0 unspecified atom stereocenters. The molecule has 1 aliphatic carbocycles. The molecule has 0 N–H and O–H groups in total. The highest BCUT2D eigenvalue weighted by atomic mass is 32.2. The predicted octanol–water partition coefficient (Wildman–Crippen LogP) is 12.5. The van der Waals surface area contributed by atoms with E-state index in [1.165, 1.54) is 74.5 Å². The SMILES string of the molecule is CCC.CCN(CC)C(=S)SCCCCCC1(CCCCCSC(=S)N(CC)CC)c2ccccc2-c2ccc(C(C)(C)C)cc21. The highest BCUT2D eigenvalue weighted by Gasteiger charge is 2.42. The molecule has 2 nitrogen and oxygen atoms in total. The van der Waals surface area contributed by atoms with Gasteiger partial charge in [-0.1, -0.05) is 157 Å². The maximum atomic E-state index is 5.68. The zero-order valence-electron chi connectivity index (χ0n) is 30.7. The van der Waals surface area contributed by atoms with Crippen molar-refractivity contribution in [1.29, 1.82) is 0 Å². The van der Waals surface area contributed by atoms with E-state index in [-0.39, 0.29) is 10.8 Å². The maximum absolute atomic E-state index is 5.68. The van der Waals surface area contributed by atoms with Gasteiger partial charge in [0, 0.05) is 43.1 Å². The Hall–Kier alpha value is -1.08. The molecule has 258 valence electrons. The zero-order chi connectivity index (χ0) is 34.2. The van der Waals surface area contributed by atoms with E-state index < -0.39 is 0 Å². The van der Waals surface area contributed by atoms with E-state index in [0.29, 0.717) is 0 Å². The molecule has 2 aromatic rings. The molecule has 2 aromatic carbocycles. The average molecular weight is 701 g/mol. The molecule has 3 rings (SSSR count). The van der Waals surface area contributed by atoms with Crippen LogP contribution in [0.25, 0.3) is 11.1 Å². The summed E-state index contributed by atoms with van der Waals surface area (Å²) >= 11 is 15.1. The number of nitrogens with zero attached hydrogens (tertiary/aromatic N) is 2. The third kappa shape index (κ3) is 11.5. The van der Waals surface area contributed by atoms with E-state index in [1.54, 1.807) is 11.1 Å². The minimum Gasteiger partial charge on any atom is -0.358 e. The molecule has 0 saturated carbocycles. The van der Waals surface area contributed by atoms with E-state index in [1.807, 2.05) is 23.5 Å². The second kappa shape index (κ2) is 21.1. The van der Waals surface area contributed by atoms with Gasteiger partial charge in [-0.2, -0.15) is 0 Å². The highest BCUT2D eigenvalue weighted by Crippen LogP contribution is 2.54. The molecule has 0 bridgehead atoms. The van der Waals surface area contributed by atoms with E-state index in [4.69, 9.17) is 24.4 Å². The lowest BCUT2D eigenvalue weighted by Crippen LogP contribution is -2.27. The van der Waals surface area contributed by atoms with Crippen LogP contribution >= 0.6 is 48.0 Å². The Morgan fingerprint density at radius 3 is 1.54 bits per heavy atom. The van der Waals surface area contributed by atoms with E-state index in [9.17, 15) is 0 Å². The molecule has 0 fully saturated rings. The van der Waals surface area contributed by atoms with Crippen molar-refractivity contribution in [2.24, 2.45) is 0 Å². The largest absolute Gasteiger partial charge is 0.358 e. The van der Waals surface area contributed by atoms with Crippen molar-refractivity contribution in [3.05, 3.63) is 59.2 Å². The van der Waals surface area contributed by atoms with Gasteiger partial charge in [-0.05, 0) is 86.6 Å². The van der Waals surface area contributed by atoms with Crippen molar-refractivity contribution < 1.29 is 0 Å². The molecule has 6 heteroatoms. The van der Waals surface area contributed by atoms with Gasteiger partial charge >= 0.3 is 0 Å². The first kappa shape index (κ1) is 41.1. The topological polar surface area (TPSA) is 6.48 Å². The summed E-state index contributed by atoms with van der Waals surface area (Å²) in [5.74, 6) is 2.24. The minimum atomic E-state index is 0.0977. The molecule has 0 radical (unpaired) electrons. The van der Waals surface area contributed by atoms with Gasteiger partial charge in [0.2, 0.25) is 0 Å². The van der Waals surface area contributed by atoms with Crippen LogP contribution in [0.1, 0.15) is 137 Å². The van der Waals surface area contributed by atoms with Gasteiger partial charge in [0.05, 0.1) is 0 Å². The smallest absolute Gasteiger partial charge is 0.136 e. The number of thioether (sulfide) groups is 2. The maximum Gasteiger partial charge on any atom is 0.136 e. The van der Waals surface area contributed by atoms with Crippen LogP contribution in [-0.2, 0) is 10.8 Å². The zero-order valence-corrected chi connectivity index (χ0v) is 33.9. The van der Waals surface area contributed by atoms with Crippen LogP contribution < -0.4 is 0 Å². The van der Waals surface area contributed by atoms with Crippen LogP contribution in [-0.4, -0.2) is 56.1 Å². The van der Waals surface area contributed by atoms with Crippen molar-refractivity contribution in [1.82, 2.24) is 9.80 Å². The Kier molecular flexibility index (Phi) is 18.9. The molecular formula is C40H64N2S4. The number of hydrogen-bond acceptors (Lipinski definition) is 4. The van der Waals surface area contributed by atoms with E-state index in [2.05, 4.69) is 115 Å². The molecular weight excluding hydrogens is 637 g/mol. The molecule has 0 amide bonds. The quantitative estimate of drug-likeness (QED) is 0.126. The van der Waals surface area contributed by atoms with Crippen LogP contribution in [0.3, 0.4) is 0 Å². The van der Waals surface area contributed by atoms with Gasteiger partial charge in [-0.3, -0.25) is 0 Å². The fraction of sp³-hybridized carbons (Fsp3) is 0.650. The van der Waals surface area contributed by atoms with Crippen LogP contribution in [0.4, 0.5) is 0 Å². The first-order valence-corrected chi connectivity index (χ1v) is 20.9. The predicted molar refractivity (Wildman–Crippen MR) is 220 cm³/mol. The highest BCUT2D eigenvalue weighted by molar-refractivity contribution is 8.23. The Labute approximate surface area is 303 Å². The number of rotatable bonds is 16. The molecule has 46 heavy (non-hydrogen) atoms. The van der Waals surface area contributed by atoms with Gasteiger partial charge in [0.1, 0.15) is 8.64 Å². The molecule has 0 atom stereocenters. The fourth-order valence-corrected chi connectivity index (χ4v) is 9.41. The van der Waals surface area contributed by atoms with Gasteiger partial charge in [0.25, 0.3) is 0 Å². The van der Waals surface area contributed by atoms with Gasteiger partial charge in [-0.15, -0.1) is 0 Å². The van der Waals surface area contributed by atoms with E-state index >= 15 is 0 Å². The Morgan fingerprint density at radius 2 is 1.09 bits per heavy atom. The summed E-state index contributed by atoms with van der Waals surface area (Å²) in [6.07, 6.45) is 11.1. The normalized spacial score (nSPS) is 13.0. The summed E-state index contributed by atoms with van der Waals surface area (Å²) in [5.41, 5.74) is 7.74. The Bertz CT molecular complexity index is 1160. The third-order valence-electron chi connectivity index (χ3n) is 9.12. The fourth-order valence-electron chi connectivity index (χ4n) is 6.46. The van der Waals surface area contributed by atoms with Crippen LogP contribution in [0.5, 0.6) is 0 Å². The van der Waals surface area contributed by atoms with Gasteiger partial charge in [0.15, 0.2) is 0 Å². The second-order valence-electron chi connectivity index (χ2n) is 13.5. The van der Waals surface area contributed by atoms with Crippen molar-refractivity contribution >= 4 is 56.6 Å². The third-order valence-corrected chi connectivity index (χ3v) is 12.3. The standard InChI is InChI=1S/C37H56N2S4.C3H8/c1-8-38(9-2)34(40)42-26-18-12-16-24-37(25-17-13-19-27-43-35(41)39(10-3)11-4)32-21-15-14-20-30(32)31-23-22-29(28-33(31)37)36(5,6)7;1-3-2/h14-15,20-23,28H,8-13,16-19,24-27H2,1-7H3;3H2,1-2H3. The van der Waals surface area contributed by atoms with Crippen molar-refractivity contribution in [2.75, 3.05) is 37.7 Å². The Morgan fingerprint density at radius 1 is 0.630 bits per heavy atom. The first-order chi connectivity index (χ1) is 22.0. The molecule has 0 saturated heterocycles. The average Bonchev–Trinajstić information content (AvgIpc) is 3.31. The van der Waals surface area contributed by atoms with Crippen molar-refractivity contribution in [3.8, 4) is 11.1 Å². The number of hydrogen-bond donors (Lipinski definition) is 0. The molecule has 0 spiro atoms. The van der Waals surface area contributed by atoms with Crippen molar-refractivity contribution in [2.45, 2.75) is 131 Å². The lowest BCUT2D eigenvalue weighted by Gasteiger charge is -2.34.